The summed E-state index contributed by atoms with van der Waals surface area (Å²) in [4.78, 5) is 20.7. The fourth-order valence-corrected chi connectivity index (χ4v) is 5.72. The number of nitrogens with one attached hydrogen (secondary N) is 3. The molecule has 46 heavy (non-hydrogen) atoms. The van der Waals surface area contributed by atoms with Crippen LogP contribution in [-0.4, -0.2) is 39.7 Å². The summed E-state index contributed by atoms with van der Waals surface area (Å²) in [6, 6.07) is 14.1. The lowest BCUT2D eigenvalue weighted by molar-refractivity contribution is -0.137. The lowest BCUT2D eigenvalue weighted by Crippen LogP contribution is -2.50. The molecule has 0 bridgehead atoms. The minimum atomic E-state index is -4.53. The third-order valence-electron chi connectivity index (χ3n) is 8.28. The Kier molecular flexibility index (Phi) is 8.34. The van der Waals surface area contributed by atoms with Gasteiger partial charge in [0.2, 0.25) is 0 Å². The van der Waals surface area contributed by atoms with Crippen molar-refractivity contribution in [3.05, 3.63) is 125 Å². The third-order valence-corrected chi connectivity index (χ3v) is 8.28. The molecule has 5 aromatic rings. The number of carbonyl (C=O) groups excluding carboxylic acids is 1. The van der Waals surface area contributed by atoms with E-state index >= 15 is 4.39 Å². The van der Waals surface area contributed by atoms with Crippen molar-refractivity contribution in [1.82, 2.24) is 20.6 Å². The number of aromatic amines is 1. The second-order valence-corrected chi connectivity index (χ2v) is 11.5. The van der Waals surface area contributed by atoms with Crippen LogP contribution < -0.4 is 10.6 Å². The smallest absolute Gasteiger partial charge is 0.390 e. The maximum Gasteiger partial charge on any atom is 0.416 e. The highest BCUT2D eigenvalue weighted by Gasteiger charge is 2.45. The van der Waals surface area contributed by atoms with Crippen LogP contribution in [0.25, 0.3) is 22.2 Å². The van der Waals surface area contributed by atoms with Crippen LogP contribution in [-0.2, 0) is 18.1 Å². The Morgan fingerprint density at radius 2 is 1.74 bits per heavy atom. The predicted octanol–water partition coefficient (Wildman–Crippen LogP) is 6.65. The molecule has 1 saturated carbocycles. The minimum Gasteiger partial charge on any atom is -0.390 e. The number of H-pyrrole nitrogens is 1. The van der Waals surface area contributed by atoms with E-state index in [-0.39, 0.29) is 24.1 Å². The van der Waals surface area contributed by atoms with Gasteiger partial charge in [-0.25, -0.2) is 18.2 Å². The van der Waals surface area contributed by atoms with E-state index in [1.165, 1.54) is 18.2 Å². The van der Waals surface area contributed by atoms with Crippen LogP contribution in [0.5, 0.6) is 0 Å². The Balaban J connectivity index is 1.25. The Morgan fingerprint density at radius 3 is 2.46 bits per heavy atom. The van der Waals surface area contributed by atoms with Crippen molar-refractivity contribution < 1.29 is 36.2 Å². The van der Waals surface area contributed by atoms with Crippen LogP contribution in [0.4, 0.5) is 26.3 Å². The quantitative estimate of drug-likeness (QED) is 0.129. The van der Waals surface area contributed by atoms with Gasteiger partial charge in [0, 0.05) is 35.9 Å². The van der Waals surface area contributed by atoms with Gasteiger partial charge in [-0.3, -0.25) is 4.79 Å². The van der Waals surface area contributed by atoms with Crippen LogP contribution in [0.2, 0.25) is 0 Å². The van der Waals surface area contributed by atoms with Gasteiger partial charge in [-0.2, -0.15) is 13.2 Å². The van der Waals surface area contributed by atoms with E-state index < -0.39 is 52.8 Å². The highest BCUT2D eigenvalue weighted by atomic mass is 19.4. The fourth-order valence-electron chi connectivity index (χ4n) is 5.72. The van der Waals surface area contributed by atoms with Crippen molar-refractivity contribution in [1.29, 1.82) is 0 Å². The number of aromatic nitrogens is 2. The molecule has 238 valence electrons. The zero-order valence-electron chi connectivity index (χ0n) is 24.1. The van der Waals surface area contributed by atoms with Gasteiger partial charge >= 0.3 is 6.18 Å². The molecule has 1 amide bonds. The summed E-state index contributed by atoms with van der Waals surface area (Å²) in [5.41, 5.74) is 0.402. The van der Waals surface area contributed by atoms with Gasteiger partial charge in [0.15, 0.2) is 0 Å². The second-order valence-electron chi connectivity index (χ2n) is 11.5. The summed E-state index contributed by atoms with van der Waals surface area (Å²) < 4.78 is 83.1. The SMILES string of the molecule is O=C(N[C@@H](Cc1cc(F)cc(F)c1)[C@H](O)CNC1(c2cccc(C(F)(F)F)c2)CC1)c1cc(-c2ccnc3[nH]ccc23)ccc1F. The summed E-state index contributed by atoms with van der Waals surface area (Å²) >= 11 is 0. The molecule has 6 nitrogen and oxygen atoms in total. The molecule has 4 N–H and O–H groups in total. The number of aliphatic hydroxyl groups excluding tert-OH is 1. The number of hydrogen-bond acceptors (Lipinski definition) is 4. The van der Waals surface area contributed by atoms with Gasteiger partial charge < -0.3 is 20.7 Å². The highest BCUT2D eigenvalue weighted by molar-refractivity contribution is 5.98. The molecular weight excluding hydrogens is 610 g/mol. The molecule has 0 saturated heterocycles. The maximum atomic E-state index is 15.1. The Labute approximate surface area is 259 Å². The Morgan fingerprint density at radius 1 is 0.978 bits per heavy atom. The number of aliphatic hydroxyl groups is 1. The summed E-state index contributed by atoms with van der Waals surface area (Å²) in [7, 11) is 0. The first-order valence-electron chi connectivity index (χ1n) is 14.5. The van der Waals surface area contributed by atoms with Gasteiger partial charge in [-0.15, -0.1) is 0 Å². The van der Waals surface area contributed by atoms with Crippen LogP contribution in [0.3, 0.4) is 0 Å². The van der Waals surface area contributed by atoms with Gasteiger partial charge in [0.1, 0.15) is 23.1 Å². The molecule has 1 aliphatic carbocycles. The van der Waals surface area contributed by atoms with E-state index in [0.717, 1.165) is 35.7 Å². The molecule has 3 aromatic carbocycles. The predicted molar refractivity (Wildman–Crippen MR) is 159 cm³/mol. The number of nitrogens with zero attached hydrogens (tertiary/aromatic N) is 1. The summed E-state index contributed by atoms with van der Waals surface area (Å²) in [6.45, 7) is -0.190. The molecule has 6 rings (SSSR count). The zero-order chi connectivity index (χ0) is 32.6. The van der Waals surface area contributed by atoms with E-state index in [4.69, 9.17) is 0 Å². The lowest BCUT2D eigenvalue weighted by Gasteiger charge is -2.28. The highest BCUT2D eigenvalue weighted by Crippen LogP contribution is 2.46. The molecular formula is C34H28F6N4O2. The van der Waals surface area contributed by atoms with Crippen molar-refractivity contribution in [3.63, 3.8) is 0 Å². The van der Waals surface area contributed by atoms with Gasteiger partial charge in [-0.1, -0.05) is 18.2 Å². The van der Waals surface area contributed by atoms with Crippen molar-refractivity contribution >= 4 is 16.9 Å². The van der Waals surface area contributed by atoms with Gasteiger partial charge in [0.05, 0.1) is 23.3 Å². The van der Waals surface area contributed by atoms with Crippen LogP contribution in [0.15, 0.2) is 85.2 Å². The largest absolute Gasteiger partial charge is 0.416 e. The number of alkyl halides is 3. The van der Waals surface area contributed by atoms with E-state index in [1.54, 1.807) is 30.6 Å². The first kappa shape index (κ1) is 31.3. The average Bonchev–Trinajstić information content (AvgIpc) is 3.65. The molecule has 12 heteroatoms. The molecule has 2 heterocycles. The minimum absolute atomic E-state index is 0.127. The topological polar surface area (TPSA) is 90.0 Å². The van der Waals surface area contributed by atoms with Crippen molar-refractivity contribution in [2.45, 2.75) is 43.1 Å². The van der Waals surface area contributed by atoms with E-state index in [0.29, 0.717) is 41.2 Å². The number of halogens is 6. The Bertz CT molecular complexity index is 1880. The monoisotopic (exact) mass is 638 g/mol. The van der Waals surface area contributed by atoms with Crippen molar-refractivity contribution in [2.75, 3.05) is 6.54 Å². The first-order valence-corrected chi connectivity index (χ1v) is 14.5. The molecule has 1 aliphatic rings. The zero-order valence-corrected chi connectivity index (χ0v) is 24.1. The molecule has 0 unspecified atom stereocenters. The van der Waals surface area contributed by atoms with Gasteiger partial charge in [0.25, 0.3) is 5.91 Å². The van der Waals surface area contributed by atoms with Crippen molar-refractivity contribution in [2.24, 2.45) is 0 Å². The molecule has 2 aromatic heterocycles. The second kappa shape index (κ2) is 12.3. The average molecular weight is 639 g/mol. The molecule has 0 aliphatic heterocycles. The number of pyridine rings is 1. The summed E-state index contributed by atoms with van der Waals surface area (Å²) in [6.07, 6.45) is -1.85. The van der Waals surface area contributed by atoms with E-state index in [9.17, 15) is 31.9 Å². The van der Waals surface area contributed by atoms with Crippen molar-refractivity contribution in [3.8, 4) is 11.1 Å². The molecule has 2 atom stereocenters. The first-order chi connectivity index (χ1) is 21.9. The number of fused-ring (bicyclic) bond motifs is 1. The van der Waals surface area contributed by atoms with E-state index in [1.807, 2.05) is 0 Å². The molecule has 0 radical (unpaired) electrons. The fraction of sp³-hybridized carbons (Fsp3) is 0.235. The lowest BCUT2D eigenvalue weighted by atomic mass is 9.97. The van der Waals surface area contributed by atoms with Crippen LogP contribution >= 0.6 is 0 Å². The standard InChI is InChI=1S/C34H28F6N4O2/c35-23-12-19(13-24(36)17-23)14-29(30(45)18-43-33(8-9-33)21-2-1-3-22(16-21)34(38,39)40)44-32(46)27-15-20(4-5-28(27)37)25-6-10-41-31-26(25)7-11-42-31/h1-7,10-13,15-17,29-30,43,45H,8-9,14,18H2,(H,41,42)(H,44,46)/t29-,30+/m0/s1. The number of carbonyl (C=O) groups is 1. The van der Waals surface area contributed by atoms with Crippen LogP contribution in [0, 0.1) is 17.5 Å². The molecule has 0 spiro atoms. The third kappa shape index (κ3) is 6.63. The Hall–Kier alpha value is -4.68. The number of benzene rings is 3. The summed E-state index contributed by atoms with van der Waals surface area (Å²) in [5.74, 6) is -3.42. The van der Waals surface area contributed by atoms with Crippen LogP contribution in [0.1, 0.15) is 39.9 Å². The normalized spacial score (nSPS) is 15.5. The van der Waals surface area contributed by atoms with Gasteiger partial charge in [-0.05, 0) is 90.0 Å². The van der Waals surface area contributed by atoms with E-state index in [2.05, 4.69) is 20.6 Å². The number of hydrogen-bond donors (Lipinski definition) is 4. The maximum absolute atomic E-state index is 15.1. The number of rotatable bonds is 10. The summed E-state index contributed by atoms with van der Waals surface area (Å²) in [5, 5.41) is 17.8. The molecule has 1 fully saturated rings. The number of amides is 1.